The minimum Gasteiger partial charge on any atom is -0.497 e. The van der Waals surface area contributed by atoms with Gasteiger partial charge in [-0.2, -0.15) is 4.72 Å². The number of carbonyl (C=O) groups excluding carboxylic acids is 2. The van der Waals surface area contributed by atoms with Gasteiger partial charge in [0.1, 0.15) is 11.3 Å². The van der Waals surface area contributed by atoms with Crippen LogP contribution < -0.4 is 20.1 Å². The predicted molar refractivity (Wildman–Crippen MR) is 99.7 cm³/mol. The third-order valence-electron chi connectivity index (χ3n) is 4.25. The van der Waals surface area contributed by atoms with Crippen molar-refractivity contribution in [3.8, 4) is 5.75 Å². The number of methoxy groups -OCH3 is 1. The number of nitrogens with one attached hydrogen (secondary N) is 3. The summed E-state index contributed by atoms with van der Waals surface area (Å²) < 4.78 is 28.5. The van der Waals surface area contributed by atoms with Gasteiger partial charge in [-0.1, -0.05) is 32.4 Å². The molecule has 0 heterocycles. The molecule has 0 aromatic heterocycles. The van der Waals surface area contributed by atoms with Crippen LogP contribution in [0.25, 0.3) is 0 Å². The zero-order valence-electron chi connectivity index (χ0n) is 15.5. The van der Waals surface area contributed by atoms with E-state index in [1.165, 1.54) is 14.2 Å². The number of benzene rings is 1. The van der Waals surface area contributed by atoms with Crippen LogP contribution in [0.15, 0.2) is 24.3 Å². The van der Waals surface area contributed by atoms with E-state index in [1.807, 2.05) is 6.92 Å². The molecule has 146 valence electrons. The summed E-state index contributed by atoms with van der Waals surface area (Å²) in [5, 5.41) is 5.25. The number of rotatable bonds is 10. The highest BCUT2D eigenvalue weighted by Crippen LogP contribution is 2.32. The normalized spacial score (nSPS) is 15.4. The first kappa shape index (κ1) is 22.1. The van der Waals surface area contributed by atoms with Gasteiger partial charge in [0, 0.05) is 13.6 Å². The number of ether oxygens (including phenoxy) is 1. The van der Waals surface area contributed by atoms with Crippen molar-refractivity contribution in [2.45, 2.75) is 32.2 Å². The van der Waals surface area contributed by atoms with Crippen molar-refractivity contribution in [2.24, 2.45) is 5.92 Å². The largest absolute Gasteiger partial charge is 0.497 e. The summed E-state index contributed by atoms with van der Waals surface area (Å²) in [5.41, 5.74) is -1.35. The lowest BCUT2D eigenvalue weighted by molar-refractivity contribution is -0.136. The van der Waals surface area contributed by atoms with Crippen LogP contribution in [0.4, 0.5) is 0 Å². The highest BCUT2D eigenvalue weighted by Gasteiger charge is 2.49. The Balaban J connectivity index is 3.39. The van der Waals surface area contributed by atoms with Gasteiger partial charge >= 0.3 is 0 Å². The van der Waals surface area contributed by atoms with Gasteiger partial charge < -0.3 is 15.4 Å². The Hall–Kier alpha value is -1.97. The van der Waals surface area contributed by atoms with Crippen LogP contribution in [0.2, 0.25) is 0 Å². The van der Waals surface area contributed by atoms with Gasteiger partial charge in [-0.25, -0.2) is 4.21 Å². The molecule has 2 amide bonds. The second-order valence-electron chi connectivity index (χ2n) is 5.83. The summed E-state index contributed by atoms with van der Waals surface area (Å²) in [5.74, 6) is -1.38. The Morgan fingerprint density at radius 2 is 1.92 bits per heavy atom. The summed E-state index contributed by atoms with van der Waals surface area (Å²) in [6.45, 7) is 4.01. The molecular weight excluding hydrogens is 358 g/mol. The van der Waals surface area contributed by atoms with E-state index in [0.29, 0.717) is 17.9 Å². The Bertz CT molecular complexity index is 638. The molecule has 1 rings (SSSR count). The molecule has 0 aliphatic carbocycles. The van der Waals surface area contributed by atoms with Crippen LogP contribution in [0.5, 0.6) is 5.75 Å². The summed E-state index contributed by atoms with van der Waals surface area (Å²) >= 11 is -2.53. The van der Waals surface area contributed by atoms with Crippen molar-refractivity contribution in [3.05, 3.63) is 29.8 Å². The SMILES string of the molecule is CCCCNC(=O)C(C)C(NS(=O)O)(C(=O)NC)c1ccc(OC)cc1. The number of hydrogen-bond donors (Lipinski definition) is 4. The molecule has 0 saturated carbocycles. The van der Waals surface area contributed by atoms with Crippen LogP contribution in [-0.2, 0) is 26.4 Å². The average molecular weight is 385 g/mol. The second-order valence-corrected chi connectivity index (χ2v) is 6.54. The van der Waals surface area contributed by atoms with Crippen molar-refractivity contribution >= 4 is 23.1 Å². The summed E-state index contributed by atoms with van der Waals surface area (Å²) in [6, 6.07) is 6.42. The molecule has 0 bridgehead atoms. The van der Waals surface area contributed by atoms with Crippen LogP contribution >= 0.6 is 0 Å². The zero-order chi connectivity index (χ0) is 19.7. The first-order chi connectivity index (χ1) is 12.3. The van der Waals surface area contributed by atoms with Crippen molar-refractivity contribution < 1.29 is 23.1 Å². The number of amides is 2. The van der Waals surface area contributed by atoms with Crippen LogP contribution in [-0.4, -0.2) is 41.3 Å². The Labute approximate surface area is 156 Å². The summed E-state index contributed by atoms with van der Waals surface area (Å²) in [7, 11) is 2.91. The molecule has 26 heavy (non-hydrogen) atoms. The van der Waals surface area contributed by atoms with Crippen LogP contribution in [0.3, 0.4) is 0 Å². The predicted octanol–water partition coefficient (Wildman–Crippen LogP) is 0.915. The fourth-order valence-electron chi connectivity index (χ4n) is 2.70. The van der Waals surface area contributed by atoms with E-state index in [1.54, 1.807) is 31.2 Å². The fraction of sp³-hybridized carbons (Fsp3) is 0.529. The van der Waals surface area contributed by atoms with E-state index in [0.717, 1.165) is 12.8 Å². The summed E-state index contributed by atoms with van der Waals surface area (Å²) in [6.07, 6.45) is 1.71. The Morgan fingerprint density at radius 1 is 1.31 bits per heavy atom. The van der Waals surface area contributed by atoms with E-state index >= 15 is 0 Å². The van der Waals surface area contributed by atoms with Crippen LogP contribution in [0, 0.1) is 5.92 Å². The highest BCUT2D eigenvalue weighted by molar-refractivity contribution is 7.77. The van der Waals surface area contributed by atoms with Gasteiger partial charge in [0.25, 0.3) is 0 Å². The van der Waals surface area contributed by atoms with Gasteiger partial charge in [0.15, 0.2) is 0 Å². The maximum atomic E-state index is 12.8. The summed E-state index contributed by atoms with van der Waals surface area (Å²) in [4.78, 5) is 25.4. The third-order valence-corrected chi connectivity index (χ3v) is 4.75. The average Bonchev–Trinajstić information content (AvgIpc) is 2.64. The van der Waals surface area contributed by atoms with E-state index in [9.17, 15) is 18.4 Å². The first-order valence-corrected chi connectivity index (χ1v) is 9.47. The van der Waals surface area contributed by atoms with Gasteiger partial charge in [-0.05, 0) is 24.1 Å². The minimum absolute atomic E-state index is 0.373. The standard InChI is InChI=1S/C17H27N3O5S/c1-5-6-11-19-15(21)12(2)17(16(22)18-3,20-26(23)24)13-7-9-14(25-4)10-8-13/h7-10,12,20H,5-6,11H2,1-4H3,(H,18,22)(H,19,21)(H,23,24). The van der Waals surface area contributed by atoms with Gasteiger partial charge in [-0.15, -0.1) is 0 Å². The molecule has 0 saturated heterocycles. The van der Waals surface area contributed by atoms with Gasteiger partial charge in [-0.3, -0.25) is 14.1 Å². The molecule has 9 heteroatoms. The molecule has 1 aromatic carbocycles. The molecule has 8 nitrogen and oxygen atoms in total. The minimum atomic E-state index is -2.53. The second kappa shape index (κ2) is 10.2. The lowest BCUT2D eigenvalue weighted by Crippen LogP contribution is -2.61. The quantitative estimate of drug-likeness (QED) is 0.353. The lowest BCUT2D eigenvalue weighted by atomic mass is 9.78. The molecule has 0 fully saturated rings. The highest BCUT2D eigenvalue weighted by atomic mass is 32.2. The zero-order valence-corrected chi connectivity index (χ0v) is 16.3. The maximum Gasteiger partial charge on any atom is 0.246 e. The molecule has 0 spiro atoms. The monoisotopic (exact) mass is 385 g/mol. The number of hydrogen-bond acceptors (Lipinski definition) is 4. The molecule has 0 aliphatic rings. The van der Waals surface area contributed by atoms with E-state index < -0.39 is 34.5 Å². The topological polar surface area (TPSA) is 117 Å². The van der Waals surface area contributed by atoms with Gasteiger partial charge in [0.05, 0.1) is 13.0 Å². The fourth-order valence-corrected chi connectivity index (χ4v) is 3.36. The van der Waals surface area contributed by atoms with Crippen molar-refractivity contribution in [3.63, 3.8) is 0 Å². The first-order valence-electron chi connectivity index (χ1n) is 8.36. The molecule has 4 N–H and O–H groups in total. The maximum absolute atomic E-state index is 12.8. The van der Waals surface area contributed by atoms with Crippen LogP contribution in [0.1, 0.15) is 32.3 Å². The van der Waals surface area contributed by atoms with E-state index in [-0.39, 0.29) is 0 Å². The van der Waals surface area contributed by atoms with E-state index in [4.69, 9.17) is 4.74 Å². The van der Waals surface area contributed by atoms with Crippen molar-refractivity contribution in [1.29, 1.82) is 0 Å². The molecule has 0 radical (unpaired) electrons. The van der Waals surface area contributed by atoms with Crippen molar-refractivity contribution in [1.82, 2.24) is 15.4 Å². The molecule has 0 aliphatic heterocycles. The Morgan fingerprint density at radius 3 is 2.38 bits per heavy atom. The lowest BCUT2D eigenvalue weighted by Gasteiger charge is -2.36. The van der Waals surface area contributed by atoms with E-state index in [2.05, 4.69) is 15.4 Å². The molecule has 3 atom stereocenters. The Kier molecular flexibility index (Phi) is 8.70. The van der Waals surface area contributed by atoms with Crippen molar-refractivity contribution in [2.75, 3.05) is 20.7 Å². The van der Waals surface area contributed by atoms with Gasteiger partial charge in [0.2, 0.25) is 23.1 Å². The number of carbonyl (C=O) groups is 2. The number of unbranched alkanes of at least 4 members (excludes halogenated alkanes) is 1. The molecular formula is C17H27N3O5S. The molecule has 1 aromatic rings. The number of likely N-dealkylation sites (N-methyl/N-ethyl adjacent to an activating group) is 1. The smallest absolute Gasteiger partial charge is 0.246 e. The molecule has 3 unspecified atom stereocenters. The third kappa shape index (κ3) is 5.03.